The van der Waals surface area contributed by atoms with Gasteiger partial charge in [0, 0.05) is 28.2 Å². The molecule has 0 saturated heterocycles. The third-order valence-corrected chi connectivity index (χ3v) is 4.48. The van der Waals surface area contributed by atoms with Crippen LogP contribution < -0.4 is 10.9 Å². The third-order valence-electron chi connectivity index (χ3n) is 2.92. The summed E-state index contributed by atoms with van der Waals surface area (Å²) in [5.74, 6) is 0.797. The largest absolute Gasteiger partial charge is 0.355 e. The summed E-state index contributed by atoms with van der Waals surface area (Å²) in [5.41, 5.74) is -0.182. The summed E-state index contributed by atoms with van der Waals surface area (Å²) in [6, 6.07) is 13.3. The molecule has 1 N–H and O–H groups in total. The van der Waals surface area contributed by atoms with Gasteiger partial charge in [-0.3, -0.25) is 9.59 Å². The van der Waals surface area contributed by atoms with Crippen molar-refractivity contribution >= 4 is 33.6 Å². The predicted molar refractivity (Wildman–Crippen MR) is 93.2 cm³/mol. The van der Waals surface area contributed by atoms with Crippen LogP contribution in [-0.4, -0.2) is 22.8 Å². The summed E-state index contributed by atoms with van der Waals surface area (Å²) in [7, 11) is 0. The van der Waals surface area contributed by atoms with Gasteiger partial charge in [0.05, 0.1) is 0 Å². The molecule has 0 saturated carbocycles. The molecule has 6 heteroatoms. The number of hydrogen-bond donors (Lipinski definition) is 1. The van der Waals surface area contributed by atoms with Crippen LogP contribution in [-0.2, 0) is 11.3 Å². The standard InChI is InChI=1S/C16H17BrN2O2S/c17-13-7-8-16(21)19(11-13)12-15(20)18-9-4-10-22-14-5-2-1-3-6-14/h1-3,5-8,11H,4,9-10,12H2,(H,18,20). The first-order chi connectivity index (χ1) is 10.6. The topological polar surface area (TPSA) is 51.1 Å². The number of pyridine rings is 1. The monoisotopic (exact) mass is 380 g/mol. The maximum Gasteiger partial charge on any atom is 0.251 e. The lowest BCUT2D eigenvalue weighted by Crippen LogP contribution is -2.32. The lowest BCUT2D eigenvalue weighted by molar-refractivity contribution is -0.121. The Morgan fingerprint density at radius 2 is 1.95 bits per heavy atom. The van der Waals surface area contributed by atoms with Crippen LogP contribution in [0.3, 0.4) is 0 Å². The van der Waals surface area contributed by atoms with Gasteiger partial charge in [0.2, 0.25) is 5.91 Å². The molecule has 0 bridgehead atoms. The van der Waals surface area contributed by atoms with Gasteiger partial charge in [0.1, 0.15) is 6.54 Å². The molecule has 2 rings (SSSR count). The fourth-order valence-corrected chi connectivity index (χ4v) is 3.10. The molecule has 0 aliphatic heterocycles. The molecule has 1 amide bonds. The first-order valence-electron chi connectivity index (χ1n) is 6.96. The van der Waals surface area contributed by atoms with E-state index in [0.29, 0.717) is 6.54 Å². The lowest BCUT2D eigenvalue weighted by Gasteiger charge is -2.07. The minimum absolute atomic E-state index is 0.0457. The maximum absolute atomic E-state index is 11.8. The second-order valence-corrected chi connectivity index (χ2v) is 6.76. The van der Waals surface area contributed by atoms with Crippen molar-refractivity contribution in [1.82, 2.24) is 9.88 Å². The Bertz CT molecular complexity index is 673. The molecule has 4 nitrogen and oxygen atoms in total. The number of halogens is 1. The van der Waals surface area contributed by atoms with Crippen molar-refractivity contribution in [3.8, 4) is 0 Å². The number of rotatable bonds is 7. The van der Waals surface area contributed by atoms with E-state index in [9.17, 15) is 9.59 Å². The number of carbonyl (C=O) groups is 1. The molecule has 0 unspecified atom stereocenters. The SMILES string of the molecule is O=C(Cn1cc(Br)ccc1=O)NCCCSc1ccccc1. The van der Waals surface area contributed by atoms with Gasteiger partial charge in [0.15, 0.2) is 0 Å². The van der Waals surface area contributed by atoms with Crippen molar-refractivity contribution in [2.24, 2.45) is 0 Å². The van der Waals surface area contributed by atoms with Crippen LogP contribution in [0.25, 0.3) is 0 Å². The first-order valence-corrected chi connectivity index (χ1v) is 8.73. The maximum atomic E-state index is 11.8. The summed E-state index contributed by atoms with van der Waals surface area (Å²) in [6.45, 7) is 0.658. The van der Waals surface area contributed by atoms with Crippen molar-refractivity contribution < 1.29 is 4.79 Å². The van der Waals surface area contributed by atoms with E-state index in [1.165, 1.54) is 15.5 Å². The highest BCUT2D eigenvalue weighted by Gasteiger charge is 2.04. The van der Waals surface area contributed by atoms with Crippen LogP contribution in [0, 0.1) is 0 Å². The number of benzene rings is 1. The Labute approximate surface area is 142 Å². The number of aromatic nitrogens is 1. The second kappa shape index (κ2) is 8.80. The average molecular weight is 381 g/mol. The fraction of sp³-hybridized carbons (Fsp3) is 0.250. The van der Waals surface area contributed by atoms with E-state index in [-0.39, 0.29) is 18.0 Å². The molecule has 0 atom stereocenters. The van der Waals surface area contributed by atoms with Gasteiger partial charge in [-0.05, 0) is 46.3 Å². The Morgan fingerprint density at radius 1 is 1.18 bits per heavy atom. The van der Waals surface area contributed by atoms with E-state index in [1.54, 1.807) is 24.0 Å². The highest BCUT2D eigenvalue weighted by molar-refractivity contribution is 9.10. The Balaban J connectivity index is 1.68. The van der Waals surface area contributed by atoms with E-state index < -0.39 is 0 Å². The minimum atomic E-state index is -0.182. The average Bonchev–Trinajstić information content (AvgIpc) is 2.51. The van der Waals surface area contributed by atoms with Gasteiger partial charge in [-0.1, -0.05) is 18.2 Å². The van der Waals surface area contributed by atoms with Crippen LogP contribution in [0.4, 0.5) is 0 Å². The van der Waals surface area contributed by atoms with Gasteiger partial charge < -0.3 is 9.88 Å². The smallest absolute Gasteiger partial charge is 0.251 e. The number of thioether (sulfide) groups is 1. The molecule has 1 aromatic heterocycles. The molecule has 116 valence electrons. The normalized spacial score (nSPS) is 10.4. The third kappa shape index (κ3) is 5.69. The van der Waals surface area contributed by atoms with Crippen LogP contribution in [0.15, 0.2) is 62.8 Å². The lowest BCUT2D eigenvalue weighted by atomic mass is 10.4. The van der Waals surface area contributed by atoms with Crippen LogP contribution in [0.5, 0.6) is 0 Å². The molecule has 1 heterocycles. The van der Waals surface area contributed by atoms with Gasteiger partial charge >= 0.3 is 0 Å². The van der Waals surface area contributed by atoms with Crippen LogP contribution in [0.1, 0.15) is 6.42 Å². The molecule has 0 radical (unpaired) electrons. The Morgan fingerprint density at radius 3 is 2.73 bits per heavy atom. The molecule has 0 fully saturated rings. The van der Waals surface area contributed by atoms with Crippen molar-refractivity contribution in [3.05, 3.63) is 63.5 Å². The Kier molecular flexibility index (Phi) is 6.74. The van der Waals surface area contributed by atoms with E-state index in [4.69, 9.17) is 0 Å². The first kappa shape index (κ1) is 16.8. The van der Waals surface area contributed by atoms with Gasteiger partial charge in [-0.25, -0.2) is 0 Å². The highest BCUT2D eigenvalue weighted by Crippen LogP contribution is 2.17. The highest BCUT2D eigenvalue weighted by atomic mass is 79.9. The Hall–Kier alpha value is -1.53. The number of carbonyl (C=O) groups excluding carboxylic acids is 1. The van der Waals surface area contributed by atoms with Gasteiger partial charge in [-0.15, -0.1) is 11.8 Å². The summed E-state index contributed by atoms with van der Waals surface area (Å²) >= 11 is 5.06. The molecule has 0 aliphatic carbocycles. The zero-order valence-corrected chi connectivity index (χ0v) is 14.4. The predicted octanol–water partition coefficient (Wildman–Crippen LogP) is 2.91. The number of nitrogens with zero attached hydrogens (tertiary/aromatic N) is 1. The van der Waals surface area contributed by atoms with Crippen molar-refractivity contribution in [2.75, 3.05) is 12.3 Å². The van der Waals surface area contributed by atoms with E-state index in [1.807, 2.05) is 18.2 Å². The summed E-state index contributed by atoms with van der Waals surface area (Å²) < 4.78 is 2.16. The molecule has 0 spiro atoms. The molecular weight excluding hydrogens is 364 g/mol. The quantitative estimate of drug-likeness (QED) is 0.593. The molecule has 0 aliphatic rings. The summed E-state index contributed by atoms with van der Waals surface area (Å²) in [4.78, 5) is 24.6. The van der Waals surface area contributed by atoms with E-state index in [0.717, 1.165) is 16.6 Å². The van der Waals surface area contributed by atoms with Crippen molar-refractivity contribution in [1.29, 1.82) is 0 Å². The van der Waals surface area contributed by atoms with Crippen molar-refractivity contribution in [2.45, 2.75) is 17.9 Å². The number of amides is 1. The van der Waals surface area contributed by atoms with Crippen LogP contribution >= 0.6 is 27.7 Å². The zero-order valence-electron chi connectivity index (χ0n) is 12.0. The van der Waals surface area contributed by atoms with E-state index >= 15 is 0 Å². The molecule has 1 aromatic carbocycles. The zero-order chi connectivity index (χ0) is 15.8. The molecule has 2 aromatic rings. The number of hydrogen-bond acceptors (Lipinski definition) is 3. The van der Waals surface area contributed by atoms with Crippen LogP contribution in [0.2, 0.25) is 0 Å². The fourth-order valence-electron chi connectivity index (χ4n) is 1.84. The summed E-state index contributed by atoms with van der Waals surface area (Å²) in [5, 5.41) is 2.84. The molecular formula is C16H17BrN2O2S. The van der Waals surface area contributed by atoms with Crippen molar-refractivity contribution in [3.63, 3.8) is 0 Å². The van der Waals surface area contributed by atoms with Gasteiger partial charge in [0.25, 0.3) is 5.56 Å². The number of nitrogens with one attached hydrogen (secondary N) is 1. The second-order valence-electron chi connectivity index (χ2n) is 4.68. The minimum Gasteiger partial charge on any atom is -0.355 e. The summed E-state index contributed by atoms with van der Waals surface area (Å²) in [6.07, 6.45) is 2.51. The van der Waals surface area contributed by atoms with E-state index in [2.05, 4.69) is 33.4 Å². The molecule has 22 heavy (non-hydrogen) atoms. The van der Waals surface area contributed by atoms with Gasteiger partial charge in [-0.2, -0.15) is 0 Å².